The minimum Gasteiger partial charge on any atom is -0.508 e. The van der Waals surface area contributed by atoms with Crippen LogP contribution in [0.5, 0.6) is 23.0 Å². The summed E-state index contributed by atoms with van der Waals surface area (Å²) < 4.78 is 0. The van der Waals surface area contributed by atoms with Crippen molar-refractivity contribution >= 4 is 0 Å². The van der Waals surface area contributed by atoms with E-state index in [4.69, 9.17) is 0 Å². The zero-order valence-corrected chi connectivity index (χ0v) is 50.0. The molecule has 84 heavy (non-hydrogen) atoms. The average molecular weight is 1150 g/mol. The van der Waals surface area contributed by atoms with E-state index in [1.54, 1.807) is 24.3 Å². The quantitative estimate of drug-likeness (QED) is 0.0787. The number of hydrogen-bond donors (Lipinski definition) is 12. The first-order valence-electron chi connectivity index (χ1n) is 32.7. The van der Waals surface area contributed by atoms with Gasteiger partial charge in [0.1, 0.15) is 23.0 Å². The Morgan fingerprint density at radius 2 is 0.500 bits per heavy atom. The molecule has 8 fully saturated rings. The van der Waals surface area contributed by atoms with Gasteiger partial charge in [-0.3, -0.25) is 0 Å². The van der Waals surface area contributed by atoms with E-state index in [0.717, 1.165) is 128 Å². The molecule has 0 spiro atoms. The lowest BCUT2D eigenvalue weighted by atomic mass is 9.55. The summed E-state index contributed by atoms with van der Waals surface area (Å²) in [7, 11) is 0. The highest BCUT2D eigenvalue weighted by Gasteiger charge is 2.62. The van der Waals surface area contributed by atoms with Crippen LogP contribution in [0.2, 0.25) is 0 Å². The van der Waals surface area contributed by atoms with Crippen LogP contribution in [0, 0.1) is 69.0 Å². The number of hydrogen-bond acceptors (Lipinski definition) is 12. The second kappa shape index (κ2) is 21.8. The first-order valence-corrected chi connectivity index (χ1v) is 32.7. The molecule has 456 valence electrons. The molecule has 8 saturated carbocycles. The fraction of sp³-hybridized carbons (Fsp3) is 0.667. The van der Waals surface area contributed by atoms with E-state index in [2.05, 4.69) is 52.0 Å². The van der Waals surface area contributed by atoms with Crippen LogP contribution in [0.15, 0.2) is 72.8 Å². The number of phenols is 4. The van der Waals surface area contributed by atoms with Gasteiger partial charge < -0.3 is 61.3 Å². The SMILES string of the molecule is C[C@]12CC[C@@H]3c4ccc(O)cc4CC[C@H]3[C@@H]1C[C@@H](O)[C@@H]2O.C[C@]12CC[C@@H]3c4ccc(O)cc4CC[C@H]3[C@@H]1C[C@@H](O)[C@@H]2O.C[C@]12CC[C@@H]3c4ccc(O)cc4CC[C@H]3[C@@H]1C[C@@H](O)[C@@H]2O.C[C@]12CC[C@@H]3c4ccc(O)cc4CC[C@H]3[C@@H]1C[C@@H](O)[C@@H]2O. The van der Waals surface area contributed by atoms with Crippen LogP contribution in [0.4, 0.5) is 0 Å². The maximum atomic E-state index is 10.4. The zero-order valence-electron chi connectivity index (χ0n) is 50.0. The van der Waals surface area contributed by atoms with Crippen LogP contribution < -0.4 is 0 Å². The number of benzene rings is 4. The molecule has 0 aromatic heterocycles. The third-order valence-electron chi connectivity index (χ3n) is 26.7. The van der Waals surface area contributed by atoms with Crippen LogP contribution in [0.25, 0.3) is 0 Å². The third-order valence-corrected chi connectivity index (χ3v) is 26.7. The second-order valence-corrected chi connectivity index (χ2v) is 30.4. The van der Waals surface area contributed by atoms with Gasteiger partial charge in [-0.2, -0.15) is 0 Å². The maximum Gasteiger partial charge on any atom is 0.115 e. The maximum absolute atomic E-state index is 10.4. The molecule has 4 aromatic rings. The Labute approximate surface area is 497 Å². The van der Waals surface area contributed by atoms with Crippen LogP contribution in [0.3, 0.4) is 0 Å². The van der Waals surface area contributed by atoms with Crippen molar-refractivity contribution in [3.8, 4) is 23.0 Å². The fourth-order valence-corrected chi connectivity index (χ4v) is 22.2. The van der Waals surface area contributed by atoms with Crippen molar-refractivity contribution in [3.05, 3.63) is 117 Å². The van der Waals surface area contributed by atoms with Crippen molar-refractivity contribution in [3.63, 3.8) is 0 Å². The van der Waals surface area contributed by atoms with Crippen molar-refractivity contribution in [2.45, 2.75) is 229 Å². The molecule has 12 heteroatoms. The number of aliphatic hydroxyl groups excluding tert-OH is 8. The lowest BCUT2D eigenvalue weighted by molar-refractivity contribution is -0.0505. The van der Waals surface area contributed by atoms with Crippen molar-refractivity contribution in [1.29, 1.82) is 0 Å². The van der Waals surface area contributed by atoms with E-state index in [1.165, 1.54) is 44.5 Å². The smallest absolute Gasteiger partial charge is 0.115 e. The molecule has 0 bridgehead atoms. The predicted molar refractivity (Wildman–Crippen MR) is 320 cm³/mol. The van der Waals surface area contributed by atoms with E-state index in [0.29, 0.717) is 94.0 Å². The number of rotatable bonds is 0. The van der Waals surface area contributed by atoms with Gasteiger partial charge in [0.05, 0.1) is 48.8 Å². The van der Waals surface area contributed by atoms with Gasteiger partial charge in [0.25, 0.3) is 0 Å². The Morgan fingerprint density at radius 3 is 0.702 bits per heavy atom. The van der Waals surface area contributed by atoms with Gasteiger partial charge in [0.2, 0.25) is 0 Å². The summed E-state index contributed by atoms with van der Waals surface area (Å²) in [6, 6.07) is 23.2. The van der Waals surface area contributed by atoms with E-state index < -0.39 is 48.8 Å². The molecule has 0 amide bonds. The largest absolute Gasteiger partial charge is 0.508 e. The molecule has 0 aliphatic heterocycles. The molecule has 12 nitrogen and oxygen atoms in total. The minimum atomic E-state index is -0.565. The number of fused-ring (bicyclic) bond motifs is 20. The molecule has 24 atom stereocenters. The minimum absolute atomic E-state index is 0.116. The van der Waals surface area contributed by atoms with Gasteiger partial charge in [-0.1, -0.05) is 52.0 Å². The Bertz CT molecular complexity index is 2680. The molecule has 12 N–H and O–H groups in total. The highest BCUT2D eigenvalue weighted by atomic mass is 16.3. The van der Waals surface area contributed by atoms with Crippen LogP contribution in [-0.2, 0) is 25.7 Å². The van der Waals surface area contributed by atoms with Crippen molar-refractivity contribution in [2.24, 2.45) is 69.0 Å². The van der Waals surface area contributed by atoms with Crippen LogP contribution in [0.1, 0.15) is 199 Å². The molecular weight excluding hydrogens is 1060 g/mol. The molecule has 0 saturated heterocycles. The van der Waals surface area contributed by atoms with E-state index >= 15 is 0 Å². The van der Waals surface area contributed by atoms with Gasteiger partial charge in [0, 0.05) is 0 Å². The van der Waals surface area contributed by atoms with Gasteiger partial charge in [0.15, 0.2) is 0 Å². The van der Waals surface area contributed by atoms with Crippen LogP contribution in [-0.4, -0.2) is 110 Å². The van der Waals surface area contributed by atoms with Crippen molar-refractivity contribution < 1.29 is 61.3 Å². The first kappa shape index (κ1) is 58.8. The molecule has 0 heterocycles. The number of aryl methyl sites for hydroxylation is 4. The highest BCUT2D eigenvalue weighted by Crippen LogP contribution is 2.65. The Morgan fingerprint density at radius 1 is 0.298 bits per heavy atom. The summed E-state index contributed by atoms with van der Waals surface area (Å²) in [4.78, 5) is 0. The lowest BCUT2D eigenvalue weighted by Gasteiger charge is -2.49. The van der Waals surface area contributed by atoms with Crippen molar-refractivity contribution in [2.75, 3.05) is 0 Å². The van der Waals surface area contributed by atoms with Gasteiger partial charge in [-0.15, -0.1) is 0 Å². The molecule has 16 rings (SSSR count). The summed E-state index contributed by atoms with van der Waals surface area (Å²) in [5, 5.41) is 121. The van der Waals surface area contributed by atoms with Gasteiger partial charge in [-0.25, -0.2) is 0 Å². The molecule has 4 aromatic carbocycles. The Balaban J connectivity index is 0.000000104. The summed E-state index contributed by atoms with van der Waals surface area (Å²) in [6.07, 6.45) is 15.2. The number of aliphatic hydroxyl groups is 8. The Kier molecular flexibility index (Phi) is 15.3. The molecule has 0 radical (unpaired) electrons. The Hall–Kier alpha value is -4.24. The predicted octanol–water partition coefficient (Wildman–Crippen LogP) is 10.3. The van der Waals surface area contributed by atoms with E-state index in [1.807, 2.05) is 24.3 Å². The molecular formula is C72H96O12. The number of aromatic hydroxyl groups is 4. The topological polar surface area (TPSA) is 243 Å². The first-order chi connectivity index (χ1) is 40.0. The molecule has 0 unspecified atom stereocenters. The molecule has 12 aliphatic rings. The van der Waals surface area contributed by atoms with E-state index in [9.17, 15) is 61.3 Å². The van der Waals surface area contributed by atoms with Crippen molar-refractivity contribution in [1.82, 2.24) is 0 Å². The standard InChI is InChI=1S/4C18H24O3/c4*1-18-7-6-13-12-5-3-11(19)8-10(12)2-4-14(13)15(18)9-16(20)17(18)21/h4*3,5,8,13-17,19-21H,2,4,6-7,9H2,1H3/t4*13-,14-,15+,16-,17+,18+/m1111/s1. The van der Waals surface area contributed by atoms with Gasteiger partial charge >= 0.3 is 0 Å². The summed E-state index contributed by atoms with van der Waals surface area (Å²) in [5.41, 5.74) is 10.3. The normalized spacial score (nSPS) is 44.8. The number of phenolic OH excluding ortho intramolecular Hbond substituents is 4. The fourth-order valence-electron chi connectivity index (χ4n) is 22.2. The lowest BCUT2D eigenvalue weighted by Crippen LogP contribution is -2.44. The van der Waals surface area contributed by atoms with Gasteiger partial charge in [-0.05, 0) is 314 Å². The second-order valence-electron chi connectivity index (χ2n) is 30.4. The zero-order chi connectivity index (χ0) is 59.1. The average Bonchev–Trinajstić information content (AvgIpc) is 2.41. The monoisotopic (exact) mass is 1150 g/mol. The highest BCUT2D eigenvalue weighted by molar-refractivity contribution is 5.44. The molecule has 12 aliphatic carbocycles. The van der Waals surface area contributed by atoms with Crippen LogP contribution >= 0.6 is 0 Å². The summed E-state index contributed by atoms with van der Waals surface area (Å²) in [6.45, 7) is 8.67. The third kappa shape index (κ3) is 9.49. The summed E-state index contributed by atoms with van der Waals surface area (Å²) >= 11 is 0. The summed E-state index contributed by atoms with van der Waals surface area (Å²) in [5.74, 6) is 7.50. The van der Waals surface area contributed by atoms with E-state index in [-0.39, 0.29) is 21.7 Å².